The number of likely N-dealkylation sites (N-methyl/N-ethyl adjacent to an activating group) is 1. The van der Waals surface area contributed by atoms with E-state index in [2.05, 4.69) is 5.32 Å². The molecule has 0 saturated heterocycles. The number of nitrogens with zero attached hydrogens (tertiary/aromatic N) is 1. The van der Waals surface area contributed by atoms with Gasteiger partial charge in [-0.2, -0.15) is 0 Å². The maximum Gasteiger partial charge on any atom is 0.408 e. The average Bonchev–Trinajstić information content (AvgIpc) is 2.20. The van der Waals surface area contributed by atoms with Crippen molar-refractivity contribution in [1.82, 2.24) is 10.2 Å². The third-order valence-electron chi connectivity index (χ3n) is 2.44. The van der Waals surface area contributed by atoms with Gasteiger partial charge < -0.3 is 20.1 Å². The first-order valence-electron chi connectivity index (χ1n) is 6.86. The van der Waals surface area contributed by atoms with Crippen LogP contribution in [0.5, 0.6) is 0 Å². The first-order chi connectivity index (χ1) is 8.94. The van der Waals surface area contributed by atoms with Crippen molar-refractivity contribution in [1.29, 1.82) is 0 Å². The van der Waals surface area contributed by atoms with E-state index >= 15 is 0 Å². The fourth-order valence-electron chi connectivity index (χ4n) is 1.70. The number of aliphatic hydroxyl groups is 1. The Kier molecular flexibility index (Phi) is 6.99. The zero-order valence-electron chi connectivity index (χ0n) is 13.6. The van der Waals surface area contributed by atoms with Gasteiger partial charge in [0.2, 0.25) is 5.91 Å². The van der Waals surface area contributed by atoms with Crippen LogP contribution in [0.15, 0.2) is 0 Å². The lowest BCUT2D eigenvalue weighted by Gasteiger charge is -2.28. The Morgan fingerprint density at radius 3 is 2.10 bits per heavy atom. The molecule has 0 aromatic carbocycles. The Hall–Kier alpha value is -1.30. The standard InChI is InChI=1S/C14H28N2O4/c1-9(2)8-16(7)12(18)11(10(3)17)15-13(19)20-14(4,5)6/h9-11,17H,8H2,1-7H3,(H,15,19)/t10-,11-/m0/s1. The van der Waals surface area contributed by atoms with Crippen molar-refractivity contribution in [2.45, 2.75) is 59.3 Å². The lowest BCUT2D eigenvalue weighted by atomic mass is 10.1. The molecule has 20 heavy (non-hydrogen) atoms. The summed E-state index contributed by atoms with van der Waals surface area (Å²) in [5.41, 5.74) is -0.653. The van der Waals surface area contributed by atoms with Crippen LogP contribution in [-0.4, -0.2) is 53.3 Å². The second-order valence-electron chi connectivity index (χ2n) is 6.48. The van der Waals surface area contributed by atoms with Gasteiger partial charge in [0.1, 0.15) is 11.6 Å². The highest BCUT2D eigenvalue weighted by atomic mass is 16.6. The topological polar surface area (TPSA) is 78.9 Å². The van der Waals surface area contributed by atoms with E-state index in [9.17, 15) is 14.7 Å². The van der Waals surface area contributed by atoms with Crippen molar-refractivity contribution in [3.8, 4) is 0 Å². The largest absolute Gasteiger partial charge is 0.444 e. The minimum atomic E-state index is -1.01. The predicted octanol–water partition coefficient (Wildman–Crippen LogP) is 1.37. The molecule has 0 aliphatic rings. The van der Waals surface area contributed by atoms with E-state index in [0.717, 1.165) is 0 Å². The molecule has 0 saturated carbocycles. The van der Waals surface area contributed by atoms with Gasteiger partial charge in [0.15, 0.2) is 0 Å². The normalized spacial score (nSPS) is 14.7. The molecular weight excluding hydrogens is 260 g/mol. The lowest BCUT2D eigenvalue weighted by Crippen LogP contribution is -2.54. The molecule has 0 aliphatic carbocycles. The van der Waals surface area contributed by atoms with Gasteiger partial charge in [-0.3, -0.25) is 4.79 Å². The summed E-state index contributed by atoms with van der Waals surface area (Å²) in [6.45, 7) is 11.2. The number of rotatable bonds is 5. The maximum atomic E-state index is 12.2. The predicted molar refractivity (Wildman–Crippen MR) is 77.3 cm³/mol. The van der Waals surface area contributed by atoms with Gasteiger partial charge in [0.25, 0.3) is 0 Å². The molecule has 0 fully saturated rings. The Balaban J connectivity index is 4.73. The van der Waals surface area contributed by atoms with E-state index in [0.29, 0.717) is 12.5 Å². The van der Waals surface area contributed by atoms with E-state index in [4.69, 9.17) is 4.74 Å². The van der Waals surface area contributed by atoms with E-state index in [1.54, 1.807) is 27.8 Å². The van der Waals surface area contributed by atoms with Crippen LogP contribution in [0.4, 0.5) is 4.79 Å². The number of carbonyl (C=O) groups is 2. The minimum absolute atomic E-state index is 0.306. The summed E-state index contributed by atoms with van der Waals surface area (Å²) in [6.07, 6.45) is -1.71. The van der Waals surface area contributed by atoms with Gasteiger partial charge in [-0.15, -0.1) is 0 Å². The first kappa shape index (κ1) is 18.7. The van der Waals surface area contributed by atoms with Crippen molar-refractivity contribution in [3.63, 3.8) is 0 Å². The Bertz CT molecular complexity index is 335. The molecule has 0 aromatic heterocycles. The average molecular weight is 288 g/mol. The highest BCUT2D eigenvalue weighted by Crippen LogP contribution is 2.08. The Morgan fingerprint density at radius 1 is 1.25 bits per heavy atom. The van der Waals surface area contributed by atoms with Crippen LogP contribution < -0.4 is 5.32 Å². The van der Waals surface area contributed by atoms with Crippen LogP contribution in [0.1, 0.15) is 41.5 Å². The number of alkyl carbamates (subject to hydrolysis) is 1. The SMILES string of the molecule is CC(C)CN(C)C(=O)[C@@H](NC(=O)OC(C)(C)C)[C@H](C)O. The summed E-state index contributed by atoms with van der Waals surface area (Å²) in [5, 5.41) is 12.1. The van der Waals surface area contributed by atoms with Crippen molar-refractivity contribution < 1.29 is 19.4 Å². The molecule has 0 rings (SSSR count). The highest BCUT2D eigenvalue weighted by Gasteiger charge is 2.30. The molecule has 0 heterocycles. The molecule has 0 radical (unpaired) electrons. The van der Waals surface area contributed by atoms with E-state index in [1.807, 2.05) is 13.8 Å². The van der Waals surface area contributed by atoms with Gasteiger partial charge in [-0.1, -0.05) is 13.8 Å². The Labute approximate surface area is 121 Å². The molecular formula is C14H28N2O4. The molecule has 6 heteroatoms. The van der Waals surface area contributed by atoms with Gasteiger partial charge in [-0.05, 0) is 33.6 Å². The number of hydrogen-bond donors (Lipinski definition) is 2. The van der Waals surface area contributed by atoms with Gasteiger partial charge >= 0.3 is 6.09 Å². The molecule has 2 N–H and O–H groups in total. The number of hydrogen-bond acceptors (Lipinski definition) is 4. The van der Waals surface area contributed by atoms with Crippen LogP contribution in [-0.2, 0) is 9.53 Å². The minimum Gasteiger partial charge on any atom is -0.444 e. The number of carbonyl (C=O) groups excluding carboxylic acids is 2. The fraction of sp³-hybridized carbons (Fsp3) is 0.857. The molecule has 0 spiro atoms. The van der Waals surface area contributed by atoms with E-state index in [-0.39, 0.29) is 5.91 Å². The quantitative estimate of drug-likeness (QED) is 0.801. The zero-order valence-corrected chi connectivity index (χ0v) is 13.6. The third kappa shape index (κ3) is 7.33. The van der Waals surface area contributed by atoms with E-state index < -0.39 is 23.8 Å². The summed E-state index contributed by atoms with van der Waals surface area (Å²) >= 11 is 0. The maximum absolute atomic E-state index is 12.2. The highest BCUT2D eigenvalue weighted by molar-refractivity contribution is 5.86. The molecule has 0 aliphatic heterocycles. The summed E-state index contributed by atoms with van der Waals surface area (Å²) in [7, 11) is 1.65. The van der Waals surface area contributed by atoms with E-state index in [1.165, 1.54) is 11.8 Å². The first-order valence-corrected chi connectivity index (χ1v) is 6.86. The lowest BCUT2D eigenvalue weighted by molar-refractivity contribution is -0.135. The molecule has 118 valence electrons. The Morgan fingerprint density at radius 2 is 1.75 bits per heavy atom. The summed E-state index contributed by atoms with van der Waals surface area (Å²) in [4.78, 5) is 25.4. The summed E-state index contributed by atoms with van der Waals surface area (Å²) in [6, 6.07) is -1.01. The van der Waals surface area contributed by atoms with Crippen molar-refractivity contribution in [3.05, 3.63) is 0 Å². The number of amides is 2. The molecule has 0 bridgehead atoms. The van der Waals surface area contributed by atoms with Gasteiger partial charge in [0, 0.05) is 13.6 Å². The molecule has 0 aromatic rings. The molecule has 0 unspecified atom stereocenters. The van der Waals surface area contributed by atoms with Gasteiger partial charge in [0.05, 0.1) is 6.10 Å². The second-order valence-corrected chi connectivity index (χ2v) is 6.48. The van der Waals surface area contributed by atoms with Crippen molar-refractivity contribution >= 4 is 12.0 Å². The monoisotopic (exact) mass is 288 g/mol. The summed E-state index contributed by atoms with van der Waals surface area (Å²) in [5.74, 6) is -0.0281. The number of ether oxygens (including phenoxy) is 1. The smallest absolute Gasteiger partial charge is 0.408 e. The number of nitrogens with one attached hydrogen (secondary N) is 1. The number of aliphatic hydroxyl groups excluding tert-OH is 1. The fourth-order valence-corrected chi connectivity index (χ4v) is 1.70. The zero-order chi connectivity index (χ0) is 16.1. The van der Waals surface area contributed by atoms with Crippen LogP contribution in [0.2, 0.25) is 0 Å². The van der Waals surface area contributed by atoms with Crippen molar-refractivity contribution in [2.75, 3.05) is 13.6 Å². The second kappa shape index (κ2) is 7.47. The molecule has 6 nitrogen and oxygen atoms in total. The summed E-state index contributed by atoms with van der Waals surface area (Å²) < 4.78 is 5.10. The van der Waals surface area contributed by atoms with Crippen molar-refractivity contribution in [2.24, 2.45) is 5.92 Å². The van der Waals surface area contributed by atoms with Gasteiger partial charge in [-0.25, -0.2) is 4.79 Å². The third-order valence-corrected chi connectivity index (χ3v) is 2.44. The van der Waals surface area contributed by atoms with Crippen LogP contribution in [0, 0.1) is 5.92 Å². The molecule has 2 atom stereocenters. The van der Waals surface area contributed by atoms with Crippen LogP contribution in [0.3, 0.4) is 0 Å². The van der Waals surface area contributed by atoms with Crippen LogP contribution in [0.25, 0.3) is 0 Å². The molecule has 2 amide bonds. The van der Waals surface area contributed by atoms with Crippen LogP contribution >= 0.6 is 0 Å².